The number of aryl methyl sites for hydroxylation is 1. The fourth-order valence-electron chi connectivity index (χ4n) is 3.71. The van der Waals surface area contributed by atoms with E-state index in [9.17, 15) is 22.0 Å². The number of hydrogen-bond donors (Lipinski definition) is 2. The molecule has 2 aromatic carbocycles. The highest BCUT2D eigenvalue weighted by Crippen LogP contribution is 2.32. The molecule has 0 spiro atoms. The molecule has 1 aliphatic rings. The molecule has 0 saturated heterocycles. The first-order valence-corrected chi connectivity index (χ1v) is 11.8. The minimum Gasteiger partial charge on any atom is -0.274 e. The molecule has 1 fully saturated rings. The molecule has 3 rings (SSSR count). The highest BCUT2D eigenvalue weighted by atomic mass is 35.5. The van der Waals surface area contributed by atoms with Crippen LogP contribution < -0.4 is 10.3 Å². The topological polar surface area (TPSA) is 75.3 Å². The zero-order chi connectivity index (χ0) is 21.9. The summed E-state index contributed by atoms with van der Waals surface area (Å²) in [6.45, 7) is 1.45. The predicted molar refractivity (Wildman–Crippen MR) is 113 cm³/mol. The molecule has 1 saturated carbocycles. The molecular weight excluding hydrogens is 434 g/mol. The molecule has 0 aromatic heterocycles. The third-order valence-electron chi connectivity index (χ3n) is 5.26. The van der Waals surface area contributed by atoms with E-state index in [1.807, 2.05) is 0 Å². The molecule has 1 aliphatic carbocycles. The minimum absolute atomic E-state index is 0.0468. The molecule has 0 radical (unpaired) electrons. The molecule has 0 atom stereocenters. The Kier molecular flexibility index (Phi) is 7.10. The van der Waals surface area contributed by atoms with Crippen LogP contribution in [-0.4, -0.2) is 20.1 Å². The summed E-state index contributed by atoms with van der Waals surface area (Å²) in [5, 5.41) is -0.150. The van der Waals surface area contributed by atoms with Crippen LogP contribution in [0.1, 0.15) is 48.0 Å². The Morgan fingerprint density at radius 1 is 1.17 bits per heavy atom. The fraction of sp³-hybridized carbons (Fsp3) is 0.381. The number of halogens is 3. The monoisotopic (exact) mass is 456 g/mol. The molecule has 162 valence electrons. The van der Waals surface area contributed by atoms with E-state index >= 15 is 0 Å². The second-order valence-corrected chi connectivity index (χ2v) is 9.74. The summed E-state index contributed by atoms with van der Waals surface area (Å²) in [7, 11) is -3.76. The highest BCUT2D eigenvalue weighted by molar-refractivity contribution is 7.89. The summed E-state index contributed by atoms with van der Waals surface area (Å²) in [5.41, 5.74) is 2.49. The van der Waals surface area contributed by atoms with Crippen molar-refractivity contribution in [3.05, 3.63) is 58.1 Å². The predicted octanol–water partition coefficient (Wildman–Crippen LogP) is 4.74. The summed E-state index contributed by atoms with van der Waals surface area (Å²) < 4.78 is 52.9. The van der Waals surface area contributed by atoms with Crippen LogP contribution in [0.15, 0.2) is 30.3 Å². The Labute approximate surface area is 179 Å². The van der Waals surface area contributed by atoms with Gasteiger partial charge in [-0.2, -0.15) is 0 Å². The van der Waals surface area contributed by atoms with Gasteiger partial charge in [0.1, 0.15) is 11.6 Å². The van der Waals surface area contributed by atoms with Crippen molar-refractivity contribution in [3.63, 3.8) is 0 Å². The van der Waals surface area contributed by atoms with E-state index in [1.54, 1.807) is 6.07 Å². The lowest BCUT2D eigenvalue weighted by Crippen LogP contribution is -2.44. The molecule has 1 amide bonds. The molecule has 30 heavy (non-hydrogen) atoms. The van der Waals surface area contributed by atoms with Crippen molar-refractivity contribution in [1.29, 1.82) is 0 Å². The Morgan fingerprint density at radius 3 is 2.57 bits per heavy atom. The lowest BCUT2D eigenvalue weighted by atomic mass is 9.91. The van der Waals surface area contributed by atoms with Crippen LogP contribution in [0.3, 0.4) is 0 Å². The number of carbonyl (C=O) groups is 1. The van der Waals surface area contributed by atoms with Crippen molar-refractivity contribution in [2.24, 2.45) is 5.92 Å². The van der Waals surface area contributed by atoms with Crippen molar-refractivity contribution < 1.29 is 22.0 Å². The third kappa shape index (κ3) is 5.36. The number of carbonyl (C=O) groups excluding carboxylic acids is 1. The standard InChI is InChI=1S/C21H23ClF2N2O3S/c1-13-10-15(16-8-5-9-18(23)19(16)22)11-17(20(13)24)21(27)25-26-30(28,29)12-14-6-3-2-4-7-14/h5,8-11,14,26H,2-4,6-7,12H2,1H3,(H,25,27). The average Bonchev–Trinajstić information content (AvgIpc) is 2.71. The Bertz CT molecular complexity index is 1050. The van der Waals surface area contributed by atoms with Gasteiger partial charge in [0.05, 0.1) is 16.3 Å². The van der Waals surface area contributed by atoms with E-state index in [1.165, 1.54) is 31.2 Å². The normalized spacial score (nSPS) is 15.2. The molecule has 0 aliphatic heterocycles. The van der Waals surface area contributed by atoms with Crippen LogP contribution in [0.5, 0.6) is 0 Å². The summed E-state index contributed by atoms with van der Waals surface area (Å²) in [4.78, 5) is 14.6. The number of nitrogens with one attached hydrogen (secondary N) is 2. The molecule has 5 nitrogen and oxygen atoms in total. The third-order valence-corrected chi connectivity index (χ3v) is 6.97. The van der Waals surface area contributed by atoms with E-state index in [0.717, 1.165) is 32.1 Å². The van der Waals surface area contributed by atoms with Gasteiger partial charge in [-0.25, -0.2) is 17.2 Å². The maximum Gasteiger partial charge on any atom is 0.269 e. The van der Waals surface area contributed by atoms with Gasteiger partial charge in [-0.05, 0) is 55.0 Å². The van der Waals surface area contributed by atoms with Gasteiger partial charge < -0.3 is 0 Å². The van der Waals surface area contributed by atoms with Crippen molar-refractivity contribution in [2.45, 2.75) is 39.0 Å². The van der Waals surface area contributed by atoms with Crippen molar-refractivity contribution >= 4 is 27.5 Å². The van der Waals surface area contributed by atoms with Gasteiger partial charge in [0.2, 0.25) is 10.0 Å². The summed E-state index contributed by atoms with van der Waals surface area (Å²) in [6, 6.07) is 6.85. The number of rotatable bonds is 6. The molecular formula is C21H23ClF2N2O3S. The van der Waals surface area contributed by atoms with Gasteiger partial charge in [-0.1, -0.05) is 43.0 Å². The van der Waals surface area contributed by atoms with E-state index in [-0.39, 0.29) is 27.8 Å². The van der Waals surface area contributed by atoms with E-state index < -0.39 is 27.6 Å². The van der Waals surface area contributed by atoms with Crippen LogP contribution in [0.25, 0.3) is 11.1 Å². The smallest absolute Gasteiger partial charge is 0.269 e. The summed E-state index contributed by atoms with van der Waals surface area (Å²) in [6.07, 6.45) is 4.75. The van der Waals surface area contributed by atoms with Gasteiger partial charge in [0, 0.05) is 5.56 Å². The maximum absolute atomic E-state index is 14.6. The highest BCUT2D eigenvalue weighted by Gasteiger charge is 2.23. The van der Waals surface area contributed by atoms with E-state index in [4.69, 9.17) is 11.6 Å². The first kappa shape index (κ1) is 22.7. The van der Waals surface area contributed by atoms with Gasteiger partial charge in [0.25, 0.3) is 5.91 Å². The molecule has 0 unspecified atom stereocenters. The molecule has 2 N–H and O–H groups in total. The quantitative estimate of drug-likeness (QED) is 0.616. The second kappa shape index (κ2) is 9.41. The number of hydrazine groups is 1. The minimum atomic E-state index is -3.76. The van der Waals surface area contributed by atoms with Crippen LogP contribution in [-0.2, 0) is 10.0 Å². The first-order valence-electron chi connectivity index (χ1n) is 9.72. The zero-order valence-electron chi connectivity index (χ0n) is 16.5. The van der Waals surface area contributed by atoms with Gasteiger partial charge in [-0.15, -0.1) is 4.83 Å². The summed E-state index contributed by atoms with van der Waals surface area (Å²) >= 11 is 6.00. The Balaban J connectivity index is 1.78. The van der Waals surface area contributed by atoms with E-state index in [0.29, 0.717) is 11.1 Å². The van der Waals surface area contributed by atoms with Crippen LogP contribution >= 0.6 is 11.6 Å². The molecule has 9 heteroatoms. The summed E-state index contributed by atoms with van der Waals surface area (Å²) in [5.74, 6) is -2.43. The number of sulfonamides is 1. The second-order valence-electron chi connectivity index (χ2n) is 7.60. The largest absolute Gasteiger partial charge is 0.274 e. The van der Waals surface area contributed by atoms with Crippen LogP contribution in [0, 0.1) is 24.5 Å². The molecule has 0 heterocycles. The molecule has 0 bridgehead atoms. The average molecular weight is 457 g/mol. The van der Waals surface area contributed by atoms with Crippen molar-refractivity contribution in [2.75, 3.05) is 5.75 Å². The van der Waals surface area contributed by atoms with Crippen molar-refractivity contribution in [3.8, 4) is 11.1 Å². The number of benzene rings is 2. The van der Waals surface area contributed by atoms with Gasteiger partial charge >= 0.3 is 0 Å². The van der Waals surface area contributed by atoms with Crippen LogP contribution in [0.4, 0.5) is 8.78 Å². The van der Waals surface area contributed by atoms with Crippen molar-refractivity contribution in [1.82, 2.24) is 10.3 Å². The Hall–Kier alpha value is -2.03. The lowest BCUT2D eigenvalue weighted by molar-refractivity contribution is 0.0940. The number of hydrogen-bond acceptors (Lipinski definition) is 3. The zero-order valence-corrected chi connectivity index (χ0v) is 18.0. The molecule has 2 aromatic rings. The number of amides is 1. The SMILES string of the molecule is Cc1cc(-c2cccc(F)c2Cl)cc(C(=O)NNS(=O)(=O)CC2CCCCC2)c1F. The maximum atomic E-state index is 14.6. The van der Waals surface area contributed by atoms with E-state index in [2.05, 4.69) is 10.3 Å². The van der Waals surface area contributed by atoms with Gasteiger partial charge in [-0.3, -0.25) is 10.2 Å². The van der Waals surface area contributed by atoms with Crippen LogP contribution in [0.2, 0.25) is 5.02 Å². The van der Waals surface area contributed by atoms with Gasteiger partial charge in [0.15, 0.2) is 0 Å². The Morgan fingerprint density at radius 2 is 1.87 bits per heavy atom. The fourth-order valence-corrected chi connectivity index (χ4v) is 5.23. The first-order chi connectivity index (χ1) is 14.2. The lowest BCUT2D eigenvalue weighted by Gasteiger charge is -2.21.